The first-order chi connectivity index (χ1) is 17.2. The molecule has 2 aromatic rings. The molecule has 0 aliphatic heterocycles. The number of hydrogen-bond donors (Lipinski definition) is 0. The van der Waals surface area contributed by atoms with Crippen LogP contribution in [0.1, 0.15) is 100 Å². The second kappa shape index (κ2) is 11.8. The van der Waals surface area contributed by atoms with E-state index in [9.17, 15) is 31.1 Å². The van der Waals surface area contributed by atoms with Crippen LogP contribution in [0.4, 0.5) is 26.3 Å². The molecule has 0 radical (unpaired) electrons. The summed E-state index contributed by atoms with van der Waals surface area (Å²) in [5.74, 6) is -9.28. The second-order valence-electron chi connectivity index (χ2n) is 10.6. The van der Waals surface area contributed by atoms with Crippen molar-refractivity contribution in [3.63, 3.8) is 0 Å². The van der Waals surface area contributed by atoms with Crippen LogP contribution < -0.4 is 0 Å². The summed E-state index contributed by atoms with van der Waals surface area (Å²) in [6.07, 6.45) is 9.11. The Morgan fingerprint density at radius 1 is 0.583 bits per heavy atom. The van der Waals surface area contributed by atoms with Crippen molar-refractivity contribution in [2.75, 3.05) is 0 Å². The molecule has 2 saturated carbocycles. The fourth-order valence-corrected chi connectivity index (χ4v) is 6.34. The first-order valence-electron chi connectivity index (χ1n) is 13.0. The van der Waals surface area contributed by atoms with E-state index < -0.39 is 46.7 Å². The first kappa shape index (κ1) is 26.7. The Hall–Kier alpha value is -2.31. The topological polar surface area (TPSA) is 17.1 Å². The summed E-state index contributed by atoms with van der Waals surface area (Å²) >= 11 is 0. The summed E-state index contributed by atoms with van der Waals surface area (Å²) < 4.78 is 83.6. The first-order valence-corrected chi connectivity index (χ1v) is 13.0. The number of halogens is 6. The number of carbonyl (C=O) groups is 1. The Morgan fingerprint density at radius 3 is 1.19 bits per heavy atom. The van der Waals surface area contributed by atoms with Gasteiger partial charge in [0.2, 0.25) is 0 Å². The van der Waals surface area contributed by atoms with Gasteiger partial charge in [-0.25, -0.2) is 26.3 Å². The fraction of sp³-hybridized carbons (Fsp3) is 0.552. The van der Waals surface area contributed by atoms with E-state index in [4.69, 9.17) is 0 Å². The zero-order valence-corrected chi connectivity index (χ0v) is 20.3. The summed E-state index contributed by atoms with van der Waals surface area (Å²) in [4.78, 5) is 13.4. The van der Waals surface area contributed by atoms with Gasteiger partial charge in [-0.3, -0.25) is 4.79 Å². The SMILES string of the molecule is O=C(C[C@@H](c1cc(F)c(F)c(F)c1)C1CCCCC1)C[C@@H](c1cc(F)c(F)c(F)c1)C1CCCCC1. The third-order valence-corrected chi connectivity index (χ3v) is 8.20. The highest BCUT2D eigenvalue weighted by molar-refractivity contribution is 5.80. The van der Waals surface area contributed by atoms with Gasteiger partial charge in [0.05, 0.1) is 0 Å². The minimum Gasteiger partial charge on any atom is -0.300 e. The highest BCUT2D eigenvalue weighted by Gasteiger charge is 2.33. The lowest BCUT2D eigenvalue weighted by molar-refractivity contribution is -0.120. The molecule has 2 atom stereocenters. The Labute approximate surface area is 208 Å². The summed E-state index contributed by atoms with van der Waals surface area (Å²) in [5, 5.41) is 0. The van der Waals surface area contributed by atoms with Gasteiger partial charge >= 0.3 is 0 Å². The van der Waals surface area contributed by atoms with Gasteiger partial charge in [0.15, 0.2) is 34.9 Å². The molecule has 2 aromatic carbocycles. The molecule has 196 valence electrons. The van der Waals surface area contributed by atoms with Crippen LogP contribution in [0.15, 0.2) is 24.3 Å². The molecule has 7 heteroatoms. The average Bonchev–Trinajstić information content (AvgIpc) is 2.88. The molecule has 36 heavy (non-hydrogen) atoms. The third kappa shape index (κ3) is 6.15. The smallest absolute Gasteiger partial charge is 0.194 e. The Bertz CT molecular complexity index is 942. The molecule has 2 aliphatic carbocycles. The van der Waals surface area contributed by atoms with Crippen LogP contribution in [-0.2, 0) is 4.79 Å². The van der Waals surface area contributed by atoms with E-state index >= 15 is 0 Å². The van der Waals surface area contributed by atoms with Gasteiger partial charge in [-0.2, -0.15) is 0 Å². The predicted octanol–water partition coefficient (Wildman–Crippen LogP) is 8.90. The minimum atomic E-state index is -1.54. The van der Waals surface area contributed by atoms with Crippen LogP contribution in [0.5, 0.6) is 0 Å². The normalized spacial score (nSPS) is 19.3. The Morgan fingerprint density at radius 2 is 0.889 bits per heavy atom. The molecule has 0 unspecified atom stereocenters. The van der Waals surface area contributed by atoms with Crippen molar-refractivity contribution in [2.45, 2.75) is 88.9 Å². The molecule has 2 fully saturated rings. The van der Waals surface area contributed by atoms with E-state index in [1.165, 1.54) is 0 Å². The molecule has 1 nitrogen and oxygen atoms in total. The molecular weight excluding hydrogens is 478 g/mol. The van der Waals surface area contributed by atoms with E-state index in [-0.39, 0.29) is 41.6 Å². The number of carbonyl (C=O) groups excluding carboxylic acids is 1. The highest BCUT2D eigenvalue weighted by Crippen LogP contribution is 2.42. The van der Waals surface area contributed by atoms with Crippen LogP contribution in [0.25, 0.3) is 0 Å². The van der Waals surface area contributed by atoms with Crippen LogP contribution in [0, 0.1) is 46.7 Å². The molecule has 0 saturated heterocycles. The van der Waals surface area contributed by atoms with Gasteiger partial charge in [-0.15, -0.1) is 0 Å². The molecule has 4 rings (SSSR count). The van der Waals surface area contributed by atoms with Crippen LogP contribution in [-0.4, -0.2) is 5.78 Å². The van der Waals surface area contributed by atoms with Gasteiger partial charge < -0.3 is 0 Å². The lowest BCUT2D eigenvalue weighted by Gasteiger charge is -2.33. The highest BCUT2D eigenvalue weighted by atomic mass is 19.2. The zero-order chi connectivity index (χ0) is 25.8. The molecule has 0 aromatic heterocycles. The molecule has 0 N–H and O–H groups in total. The van der Waals surface area contributed by atoms with Gasteiger partial charge in [0, 0.05) is 12.8 Å². The second-order valence-corrected chi connectivity index (χ2v) is 10.6. The van der Waals surface area contributed by atoms with Crippen LogP contribution >= 0.6 is 0 Å². The number of hydrogen-bond acceptors (Lipinski definition) is 1. The van der Waals surface area contributed by atoms with Gasteiger partial charge in [-0.05, 0) is 84.7 Å². The van der Waals surface area contributed by atoms with Crippen molar-refractivity contribution in [3.8, 4) is 0 Å². The summed E-state index contributed by atoms with van der Waals surface area (Å²) in [5.41, 5.74) is 0.527. The quantitative estimate of drug-likeness (QED) is 0.256. The van der Waals surface area contributed by atoms with E-state index in [0.717, 1.165) is 88.5 Å². The maximum absolute atomic E-state index is 14.1. The van der Waals surface area contributed by atoms with Crippen LogP contribution in [0.3, 0.4) is 0 Å². The molecular formula is C29H32F6O. The van der Waals surface area contributed by atoms with Gasteiger partial charge in [0.25, 0.3) is 0 Å². The van der Waals surface area contributed by atoms with Crippen molar-refractivity contribution in [1.82, 2.24) is 0 Å². The van der Waals surface area contributed by atoms with Crippen molar-refractivity contribution in [3.05, 3.63) is 70.3 Å². The minimum absolute atomic E-state index is 0.00452. The molecule has 0 heterocycles. The molecule has 0 spiro atoms. The summed E-state index contributed by atoms with van der Waals surface area (Å²) in [6.45, 7) is 0. The van der Waals surface area contributed by atoms with Crippen molar-refractivity contribution < 1.29 is 31.1 Å². The summed E-state index contributed by atoms with van der Waals surface area (Å²) in [6, 6.07) is 3.92. The van der Waals surface area contributed by atoms with E-state index in [0.29, 0.717) is 0 Å². The number of rotatable bonds is 8. The van der Waals surface area contributed by atoms with Crippen molar-refractivity contribution in [2.24, 2.45) is 11.8 Å². The zero-order valence-electron chi connectivity index (χ0n) is 20.3. The standard InChI is InChI=1S/C29H32F6O/c30-24-11-19(12-25(31)28(24)34)22(17-7-3-1-4-8-17)15-21(36)16-23(18-9-5-2-6-10-18)20-13-26(32)29(35)27(33)14-20/h11-14,17-18,22-23H,1-10,15-16H2/t22-,23-/m1/s1. The van der Waals surface area contributed by atoms with Crippen molar-refractivity contribution in [1.29, 1.82) is 0 Å². The maximum Gasteiger partial charge on any atom is 0.194 e. The number of Topliss-reactive ketones (excluding diaryl/α,β-unsaturated/α-hetero) is 1. The Kier molecular flexibility index (Phi) is 8.78. The van der Waals surface area contributed by atoms with E-state index in [1.807, 2.05) is 0 Å². The summed E-state index contributed by atoms with van der Waals surface area (Å²) in [7, 11) is 0. The molecule has 2 aliphatic rings. The fourth-order valence-electron chi connectivity index (χ4n) is 6.34. The van der Waals surface area contributed by atoms with E-state index in [2.05, 4.69) is 0 Å². The lowest BCUT2D eigenvalue weighted by Crippen LogP contribution is -2.24. The van der Waals surface area contributed by atoms with Crippen molar-refractivity contribution >= 4 is 5.78 Å². The maximum atomic E-state index is 14.1. The molecule has 0 amide bonds. The van der Waals surface area contributed by atoms with Gasteiger partial charge in [-0.1, -0.05) is 38.5 Å². The van der Waals surface area contributed by atoms with E-state index in [1.54, 1.807) is 0 Å². The lowest BCUT2D eigenvalue weighted by atomic mass is 9.71. The molecule has 0 bridgehead atoms. The predicted molar refractivity (Wildman–Crippen MR) is 126 cm³/mol. The number of benzene rings is 2. The third-order valence-electron chi connectivity index (χ3n) is 8.20. The van der Waals surface area contributed by atoms with Gasteiger partial charge in [0.1, 0.15) is 5.78 Å². The Balaban J connectivity index is 1.61. The van der Waals surface area contributed by atoms with Crippen LogP contribution in [0.2, 0.25) is 0 Å². The average molecular weight is 511 g/mol. The monoisotopic (exact) mass is 510 g/mol. The number of ketones is 1. The largest absolute Gasteiger partial charge is 0.300 e.